The lowest BCUT2D eigenvalue weighted by molar-refractivity contribution is -0.128. The van der Waals surface area contributed by atoms with E-state index in [0.29, 0.717) is 58.8 Å². The van der Waals surface area contributed by atoms with Gasteiger partial charge in [0.1, 0.15) is 11.5 Å². The second-order valence-corrected chi connectivity index (χ2v) is 12.4. The summed E-state index contributed by atoms with van der Waals surface area (Å²) in [4.78, 5) is 19.5. The average Bonchev–Trinajstić information content (AvgIpc) is 3.42. The molecule has 1 amide bonds. The zero-order chi connectivity index (χ0) is 31.8. The van der Waals surface area contributed by atoms with Crippen LogP contribution in [-0.2, 0) is 22.4 Å². The number of methoxy groups -OCH3 is 1. The molecule has 0 spiro atoms. The summed E-state index contributed by atoms with van der Waals surface area (Å²) in [5.41, 5.74) is 1.82. The summed E-state index contributed by atoms with van der Waals surface area (Å²) in [6.07, 6.45) is 0.532. The number of aliphatic hydroxyl groups is 1. The monoisotopic (exact) mass is 710 g/mol. The van der Waals surface area contributed by atoms with E-state index in [9.17, 15) is 4.79 Å². The Hall–Kier alpha value is -3.56. The Morgan fingerprint density at radius 2 is 1.78 bits per heavy atom. The fourth-order valence-corrected chi connectivity index (χ4v) is 5.96. The highest BCUT2D eigenvalue weighted by atomic mass is 79.9. The molecular weight excluding hydrogens is 679 g/mol. The molecule has 0 unspecified atom stereocenters. The van der Waals surface area contributed by atoms with Gasteiger partial charge in [-0.05, 0) is 78.2 Å². The molecule has 2 N–H and O–H groups in total. The minimum atomic E-state index is -1.40. The number of aliphatic hydroxyl groups excluding tert-OH is 1. The summed E-state index contributed by atoms with van der Waals surface area (Å²) in [6.45, 7) is 0.829. The summed E-state index contributed by atoms with van der Waals surface area (Å²) in [5, 5.41) is 13.0. The summed E-state index contributed by atoms with van der Waals surface area (Å²) in [6, 6.07) is 28.0. The highest BCUT2D eigenvalue weighted by molar-refractivity contribution is 9.10. The Labute approximate surface area is 281 Å². The van der Waals surface area contributed by atoms with Crippen LogP contribution in [0.2, 0.25) is 10.0 Å². The molecule has 1 aliphatic heterocycles. The molecule has 0 radical (unpaired) electrons. The number of halogens is 3. The molecule has 4 aromatic carbocycles. The van der Waals surface area contributed by atoms with Gasteiger partial charge in [0.15, 0.2) is 11.6 Å². The van der Waals surface area contributed by atoms with Gasteiger partial charge in [0.25, 0.3) is 5.91 Å². The number of benzene rings is 4. The smallest absolute Gasteiger partial charge is 0.252 e. The summed E-state index contributed by atoms with van der Waals surface area (Å²) in [5.74, 6) is 1.43. The quantitative estimate of drug-likeness (QED) is 0.141. The molecule has 7 nitrogen and oxygen atoms in total. The number of hydrogen-bond donors (Lipinski definition) is 2. The van der Waals surface area contributed by atoms with E-state index in [0.717, 1.165) is 21.3 Å². The van der Waals surface area contributed by atoms with Crippen molar-refractivity contribution in [3.63, 3.8) is 0 Å². The third-order valence-corrected chi connectivity index (χ3v) is 8.59. The molecule has 0 bridgehead atoms. The Bertz CT molecular complexity index is 1650. The van der Waals surface area contributed by atoms with Gasteiger partial charge in [-0.3, -0.25) is 4.79 Å². The lowest BCUT2D eigenvalue weighted by atomic mass is 9.82. The predicted molar refractivity (Wildman–Crippen MR) is 181 cm³/mol. The van der Waals surface area contributed by atoms with Crippen LogP contribution < -0.4 is 14.8 Å². The number of ether oxygens (including phenoxy) is 3. The number of carbonyl (C=O) groups is 1. The molecule has 0 fully saturated rings. The van der Waals surface area contributed by atoms with Crippen molar-refractivity contribution in [3.8, 4) is 11.5 Å². The Kier molecular flexibility index (Phi) is 11.0. The minimum absolute atomic E-state index is 0.0550. The number of nitrogens with one attached hydrogen (secondary N) is 1. The van der Waals surface area contributed by atoms with Crippen LogP contribution in [0.25, 0.3) is 0 Å². The molecule has 0 aromatic heterocycles. The van der Waals surface area contributed by atoms with Crippen molar-refractivity contribution < 1.29 is 24.1 Å². The van der Waals surface area contributed by atoms with Gasteiger partial charge >= 0.3 is 0 Å². The maximum Gasteiger partial charge on any atom is 0.252 e. The molecule has 5 rings (SSSR count). The van der Waals surface area contributed by atoms with Gasteiger partial charge < -0.3 is 24.6 Å². The first-order valence-corrected chi connectivity index (χ1v) is 16.1. The lowest BCUT2D eigenvalue weighted by Gasteiger charge is -2.31. The largest absolute Gasteiger partial charge is 0.497 e. The van der Waals surface area contributed by atoms with Crippen molar-refractivity contribution in [2.75, 3.05) is 26.9 Å². The van der Waals surface area contributed by atoms with Crippen LogP contribution in [0.5, 0.6) is 11.5 Å². The topological polar surface area (TPSA) is 89.4 Å². The lowest BCUT2D eigenvalue weighted by Crippen LogP contribution is -2.50. The van der Waals surface area contributed by atoms with Crippen molar-refractivity contribution in [1.82, 2.24) is 5.32 Å². The number of nitrogens with zero attached hydrogens (tertiary/aromatic N) is 1. The molecule has 4 aromatic rings. The van der Waals surface area contributed by atoms with Gasteiger partial charge in [-0.25, -0.2) is 4.99 Å². The van der Waals surface area contributed by atoms with E-state index < -0.39 is 11.6 Å². The van der Waals surface area contributed by atoms with Crippen molar-refractivity contribution in [3.05, 3.63) is 128 Å². The van der Waals surface area contributed by atoms with Gasteiger partial charge in [0, 0.05) is 51.6 Å². The number of amides is 1. The van der Waals surface area contributed by atoms with Crippen LogP contribution >= 0.6 is 39.1 Å². The van der Waals surface area contributed by atoms with E-state index in [1.165, 1.54) is 0 Å². The zero-order valence-corrected chi connectivity index (χ0v) is 27.7. The number of hydrogen-bond acceptors (Lipinski definition) is 6. The highest BCUT2D eigenvalue weighted by Gasteiger charge is 2.53. The summed E-state index contributed by atoms with van der Waals surface area (Å²) < 4.78 is 18.6. The fraction of sp³-hybridized carbons (Fsp3) is 0.257. The summed E-state index contributed by atoms with van der Waals surface area (Å²) >= 11 is 16.5. The SMILES string of the molecule is COc1cccc(CCNC(=O)[C@]2(Cc3ccc(Br)cc3)N=C(c3ccc(OCCCO)cc3)O[C@@H]2c2ccc(Cl)cc2Cl)c1. The molecule has 10 heteroatoms. The van der Waals surface area contributed by atoms with Crippen LogP contribution in [-0.4, -0.2) is 49.3 Å². The number of carbonyl (C=O) groups excluding carboxylic acids is 1. The van der Waals surface area contributed by atoms with Gasteiger partial charge in [0.2, 0.25) is 5.90 Å². The molecule has 234 valence electrons. The normalized spacial score (nSPS) is 17.4. The third-order valence-electron chi connectivity index (χ3n) is 7.50. The fourth-order valence-electron chi connectivity index (χ4n) is 5.19. The second-order valence-electron chi connectivity index (χ2n) is 10.6. The van der Waals surface area contributed by atoms with E-state index in [4.69, 9.17) is 47.5 Å². The average molecular weight is 712 g/mol. The Morgan fingerprint density at radius 3 is 2.49 bits per heavy atom. The second kappa shape index (κ2) is 15.1. The van der Waals surface area contributed by atoms with Crippen LogP contribution in [0.1, 0.15) is 34.8 Å². The molecule has 45 heavy (non-hydrogen) atoms. The molecule has 0 aliphatic carbocycles. The first kappa shape index (κ1) is 32.8. The maximum atomic E-state index is 14.4. The van der Waals surface area contributed by atoms with Crippen LogP contribution in [0.3, 0.4) is 0 Å². The maximum absolute atomic E-state index is 14.4. The molecular formula is C35H33BrCl2N2O5. The molecule has 2 atom stereocenters. The predicted octanol–water partition coefficient (Wildman–Crippen LogP) is 7.38. The van der Waals surface area contributed by atoms with Crippen molar-refractivity contribution >= 4 is 50.9 Å². The summed E-state index contributed by atoms with van der Waals surface area (Å²) in [7, 11) is 1.63. The Morgan fingerprint density at radius 1 is 1.00 bits per heavy atom. The van der Waals surface area contributed by atoms with Crippen molar-refractivity contribution in [2.45, 2.75) is 30.9 Å². The van der Waals surface area contributed by atoms with Crippen LogP contribution in [0.4, 0.5) is 0 Å². The first-order valence-electron chi connectivity index (χ1n) is 14.5. The van der Waals surface area contributed by atoms with E-state index >= 15 is 0 Å². The number of rotatable bonds is 13. The minimum Gasteiger partial charge on any atom is -0.497 e. The Balaban J connectivity index is 1.53. The van der Waals surface area contributed by atoms with E-state index in [1.807, 2.05) is 72.8 Å². The molecule has 0 saturated carbocycles. The zero-order valence-electron chi connectivity index (χ0n) is 24.6. The number of aliphatic imine (C=N–C) groups is 1. The van der Waals surface area contributed by atoms with Crippen molar-refractivity contribution in [2.24, 2.45) is 4.99 Å². The van der Waals surface area contributed by atoms with Gasteiger partial charge in [0.05, 0.1) is 13.7 Å². The van der Waals surface area contributed by atoms with Crippen molar-refractivity contribution in [1.29, 1.82) is 0 Å². The van der Waals surface area contributed by atoms with Crippen LogP contribution in [0, 0.1) is 0 Å². The van der Waals surface area contributed by atoms with E-state index in [1.54, 1.807) is 25.3 Å². The first-order chi connectivity index (χ1) is 21.8. The van der Waals surface area contributed by atoms with Crippen LogP contribution in [0.15, 0.2) is 100 Å². The van der Waals surface area contributed by atoms with Gasteiger partial charge in [-0.15, -0.1) is 0 Å². The third kappa shape index (κ3) is 8.00. The molecule has 1 aliphatic rings. The molecule has 0 saturated heterocycles. The standard InChI is InChI=1S/C35H33BrCl2N2O5/c1-43-29-5-2-4-23(20-29)16-17-39-34(42)35(22-24-6-10-26(36)11-7-24)32(30-15-12-27(37)21-31(30)38)45-33(40-35)25-8-13-28(14-9-25)44-19-3-18-41/h2,4-15,20-21,32,41H,3,16-19,22H2,1H3,(H,39,42)/t32-,35-/m1/s1. The van der Waals surface area contributed by atoms with E-state index in [-0.39, 0.29) is 18.9 Å². The van der Waals surface area contributed by atoms with E-state index in [2.05, 4.69) is 21.2 Å². The molecule has 1 heterocycles. The highest BCUT2D eigenvalue weighted by Crippen LogP contribution is 2.45. The van der Waals surface area contributed by atoms with Gasteiger partial charge in [-0.1, -0.05) is 69.5 Å². The van der Waals surface area contributed by atoms with Gasteiger partial charge in [-0.2, -0.15) is 0 Å².